The number of carbonyl (C=O) groups is 2. The van der Waals surface area contributed by atoms with Gasteiger partial charge in [-0.3, -0.25) is 19.4 Å². The van der Waals surface area contributed by atoms with Crippen LogP contribution in [-0.4, -0.2) is 48.9 Å². The van der Waals surface area contributed by atoms with Gasteiger partial charge in [0.2, 0.25) is 0 Å². The minimum Gasteiger partial charge on any atom is -0.466 e. The second-order valence-electron chi connectivity index (χ2n) is 8.27. The van der Waals surface area contributed by atoms with Crippen LogP contribution >= 0.6 is 0 Å². The van der Waals surface area contributed by atoms with Crippen molar-refractivity contribution in [3.05, 3.63) is 59.2 Å². The number of carbonyl (C=O) groups excluding carboxylic acids is 2. The van der Waals surface area contributed by atoms with Gasteiger partial charge in [0, 0.05) is 18.7 Å². The van der Waals surface area contributed by atoms with Crippen LogP contribution in [0.25, 0.3) is 0 Å². The van der Waals surface area contributed by atoms with Crippen LogP contribution in [0.15, 0.2) is 47.5 Å². The largest absolute Gasteiger partial charge is 0.466 e. The molecule has 0 spiro atoms. The first-order chi connectivity index (χ1) is 15.0. The van der Waals surface area contributed by atoms with Gasteiger partial charge in [0.05, 0.1) is 30.6 Å². The van der Waals surface area contributed by atoms with E-state index in [4.69, 9.17) is 9.73 Å². The zero-order chi connectivity index (χ0) is 22.0. The Kier molecular flexibility index (Phi) is 6.18. The molecule has 2 heterocycles. The molecule has 0 atom stereocenters. The zero-order valence-electron chi connectivity index (χ0n) is 18.4. The van der Waals surface area contributed by atoms with Crippen molar-refractivity contribution in [1.82, 2.24) is 4.90 Å². The quantitative estimate of drug-likeness (QED) is 0.687. The smallest absolute Gasteiger partial charge is 0.309 e. The van der Waals surface area contributed by atoms with Crippen LogP contribution < -0.4 is 4.90 Å². The van der Waals surface area contributed by atoms with Crippen molar-refractivity contribution >= 4 is 29.0 Å². The Labute approximate surface area is 183 Å². The van der Waals surface area contributed by atoms with Gasteiger partial charge < -0.3 is 4.74 Å². The van der Waals surface area contributed by atoms with Crippen molar-refractivity contribution < 1.29 is 14.3 Å². The highest BCUT2D eigenvalue weighted by Gasteiger charge is 2.36. The van der Waals surface area contributed by atoms with Crippen molar-refractivity contribution in [2.24, 2.45) is 10.9 Å². The molecule has 2 aromatic rings. The lowest BCUT2D eigenvalue weighted by molar-refractivity contribution is -0.149. The molecule has 1 fully saturated rings. The number of para-hydroxylation sites is 1. The predicted molar refractivity (Wildman–Crippen MR) is 122 cm³/mol. The number of hydrogen-bond donors (Lipinski definition) is 0. The minimum absolute atomic E-state index is 0.0420. The van der Waals surface area contributed by atoms with Crippen molar-refractivity contribution in [2.75, 3.05) is 31.3 Å². The lowest BCUT2D eigenvalue weighted by Gasteiger charge is -2.33. The maximum atomic E-state index is 13.3. The topological polar surface area (TPSA) is 62.2 Å². The van der Waals surface area contributed by atoms with E-state index < -0.39 is 0 Å². The maximum Gasteiger partial charge on any atom is 0.309 e. The summed E-state index contributed by atoms with van der Waals surface area (Å²) in [5.74, 6) is -0.223. The van der Waals surface area contributed by atoms with E-state index in [-0.39, 0.29) is 17.8 Å². The summed E-state index contributed by atoms with van der Waals surface area (Å²) in [7, 11) is 0. The summed E-state index contributed by atoms with van der Waals surface area (Å²) < 4.78 is 5.16. The fourth-order valence-electron chi connectivity index (χ4n) is 4.20. The van der Waals surface area contributed by atoms with Crippen molar-refractivity contribution in [2.45, 2.75) is 33.6 Å². The standard InChI is InChI=1S/C25H29N3O3/c1-4-31-25(30)19-11-13-27(14-12-19)16-28-22-8-6-5-7-21(22)23(24(28)29)26-20-10-9-17(2)18(3)15-20/h5-10,15,19H,4,11-14,16H2,1-3H3. The molecule has 2 aliphatic heterocycles. The highest BCUT2D eigenvalue weighted by atomic mass is 16.5. The number of esters is 1. The first kappa shape index (κ1) is 21.2. The average molecular weight is 420 g/mol. The van der Waals surface area contributed by atoms with Gasteiger partial charge in [-0.15, -0.1) is 0 Å². The monoisotopic (exact) mass is 419 g/mol. The molecule has 162 valence electrons. The van der Waals surface area contributed by atoms with Gasteiger partial charge in [0.1, 0.15) is 5.71 Å². The number of hydrogen-bond acceptors (Lipinski definition) is 5. The summed E-state index contributed by atoms with van der Waals surface area (Å²) in [6, 6.07) is 13.8. The summed E-state index contributed by atoms with van der Waals surface area (Å²) in [4.78, 5) is 34.1. The molecule has 2 aliphatic rings. The van der Waals surface area contributed by atoms with Gasteiger partial charge in [0.25, 0.3) is 5.91 Å². The van der Waals surface area contributed by atoms with Crippen molar-refractivity contribution in [3.63, 3.8) is 0 Å². The van der Waals surface area contributed by atoms with Crippen LogP contribution in [0.5, 0.6) is 0 Å². The second-order valence-corrected chi connectivity index (χ2v) is 8.27. The molecule has 2 aromatic carbocycles. The molecule has 4 rings (SSSR count). The Morgan fingerprint density at radius 1 is 1.10 bits per heavy atom. The predicted octanol–water partition coefficient (Wildman–Crippen LogP) is 4.00. The number of anilines is 1. The third-order valence-electron chi connectivity index (χ3n) is 6.18. The minimum atomic E-state index is -0.104. The molecule has 0 aliphatic carbocycles. The molecular formula is C25H29N3O3. The normalized spacial score (nSPS) is 18.5. The van der Waals surface area contributed by atoms with Crippen molar-refractivity contribution in [1.29, 1.82) is 0 Å². The first-order valence-electron chi connectivity index (χ1n) is 10.9. The van der Waals surface area contributed by atoms with Gasteiger partial charge in [-0.1, -0.05) is 24.3 Å². The van der Waals surface area contributed by atoms with Crippen LogP contribution in [-0.2, 0) is 14.3 Å². The number of benzene rings is 2. The Morgan fingerprint density at radius 2 is 1.84 bits per heavy atom. The number of fused-ring (bicyclic) bond motifs is 1. The van der Waals surface area contributed by atoms with E-state index in [0.717, 1.165) is 48.4 Å². The number of ether oxygens (including phenoxy) is 1. The lowest BCUT2D eigenvalue weighted by atomic mass is 9.97. The molecule has 0 unspecified atom stereocenters. The molecule has 6 heteroatoms. The van der Waals surface area contributed by atoms with Crippen LogP contribution in [0.3, 0.4) is 0 Å². The fraction of sp³-hybridized carbons (Fsp3) is 0.400. The molecule has 31 heavy (non-hydrogen) atoms. The molecule has 1 saturated heterocycles. The number of piperidine rings is 1. The van der Waals surface area contributed by atoms with Crippen LogP contribution in [0, 0.1) is 19.8 Å². The van der Waals surface area contributed by atoms with E-state index in [1.165, 1.54) is 5.56 Å². The SMILES string of the molecule is CCOC(=O)C1CCN(CN2C(=O)C(=Nc3ccc(C)c(C)c3)c3ccccc32)CC1. The van der Waals surface area contributed by atoms with Gasteiger partial charge in [-0.2, -0.15) is 0 Å². The number of amides is 1. The summed E-state index contributed by atoms with van der Waals surface area (Å²) in [6.45, 7) is 8.39. The molecular weight excluding hydrogens is 390 g/mol. The molecule has 0 N–H and O–H groups in total. The van der Waals surface area contributed by atoms with E-state index in [1.54, 1.807) is 4.90 Å². The number of aliphatic imine (C=N–C) groups is 1. The molecule has 1 amide bonds. The van der Waals surface area contributed by atoms with E-state index >= 15 is 0 Å². The van der Waals surface area contributed by atoms with Crippen molar-refractivity contribution in [3.8, 4) is 0 Å². The van der Waals surface area contributed by atoms with E-state index in [0.29, 0.717) is 19.0 Å². The summed E-state index contributed by atoms with van der Waals surface area (Å²) in [5, 5.41) is 0. The highest BCUT2D eigenvalue weighted by molar-refractivity contribution is 6.54. The Bertz CT molecular complexity index is 1020. The number of likely N-dealkylation sites (tertiary alicyclic amines) is 1. The third kappa shape index (κ3) is 4.39. The molecule has 0 saturated carbocycles. The maximum absolute atomic E-state index is 13.3. The summed E-state index contributed by atoms with van der Waals surface area (Å²) in [6.07, 6.45) is 1.51. The highest BCUT2D eigenvalue weighted by Crippen LogP contribution is 2.32. The Hall–Kier alpha value is -2.99. The number of aryl methyl sites for hydroxylation is 2. The third-order valence-corrected chi connectivity index (χ3v) is 6.18. The van der Waals surface area contributed by atoms with Crippen LogP contribution in [0.4, 0.5) is 11.4 Å². The number of nitrogens with zero attached hydrogens (tertiary/aromatic N) is 3. The zero-order valence-corrected chi connectivity index (χ0v) is 18.4. The van der Waals surface area contributed by atoms with Gasteiger partial charge >= 0.3 is 5.97 Å². The van der Waals surface area contributed by atoms with Gasteiger partial charge in [-0.05, 0) is 62.9 Å². The molecule has 0 bridgehead atoms. The summed E-state index contributed by atoms with van der Waals surface area (Å²) in [5.41, 5.74) is 5.39. The van der Waals surface area contributed by atoms with Gasteiger partial charge in [-0.25, -0.2) is 4.99 Å². The Balaban J connectivity index is 1.52. The van der Waals surface area contributed by atoms with Crippen LogP contribution in [0.2, 0.25) is 0 Å². The van der Waals surface area contributed by atoms with Gasteiger partial charge in [0.15, 0.2) is 0 Å². The van der Waals surface area contributed by atoms with E-state index in [2.05, 4.69) is 18.7 Å². The fourth-order valence-corrected chi connectivity index (χ4v) is 4.20. The number of rotatable bonds is 5. The molecule has 0 aromatic heterocycles. The van der Waals surface area contributed by atoms with E-state index in [1.807, 2.05) is 49.4 Å². The molecule has 0 radical (unpaired) electrons. The van der Waals surface area contributed by atoms with E-state index in [9.17, 15) is 9.59 Å². The molecule has 6 nitrogen and oxygen atoms in total. The first-order valence-corrected chi connectivity index (χ1v) is 10.9. The average Bonchev–Trinajstić information content (AvgIpc) is 3.03. The summed E-state index contributed by atoms with van der Waals surface area (Å²) >= 11 is 0. The second kappa shape index (κ2) is 9.02. The van der Waals surface area contributed by atoms with Crippen LogP contribution in [0.1, 0.15) is 36.5 Å². The lowest BCUT2D eigenvalue weighted by Crippen LogP contribution is -2.45. The Morgan fingerprint density at radius 3 is 2.55 bits per heavy atom.